The molecule has 0 radical (unpaired) electrons. The fourth-order valence-corrected chi connectivity index (χ4v) is 2.66. The van der Waals surface area contributed by atoms with Gasteiger partial charge in [-0.25, -0.2) is 0 Å². The Hall–Kier alpha value is -2.73. The lowest BCUT2D eigenvalue weighted by atomic mass is 10.1. The zero-order chi connectivity index (χ0) is 19.8. The molecular weight excluding hydrogens is 368 g/mol. The van der Waals surface area contributed by atoms with Crippen molar-refractivity contribution < 1.29 is 19.1 Å². The van der Waals surface area contributed by atoms with Crippen molar-refractivity contribution in [2.24, 2.45) is 0 Å². The monoisotopic (exact) mass is 390 g/mol. The zero-order valence-electron chi connectivity index (χ0n) is 15.6. The molecule has 0 saturated heterocycles. The number of halogens is 1. The number of amides is 2. The number of ether oxygens (including phenoxy) is 2. The molecular formula is C20H23ClN2O4. The van der Waals surface area contributed by atoms with Crippen LogP contribution in [0, 0.1) is 0 Å². The summed E-state index contributed by atoms with van der Waals surface area (Å²) in [6.45, 7) is 1.73. The van der Waals surface area contributed by atoms with Crippen molar-refractivity contribution in [2.45, 2.75) is 19.5 Å². The molecule has 27 heavy (non-hydrogen) atoms. The van der Waals surface area contributed by atoms with Crippen LogP contribution in [0.3, 0.4) is 0 Å². The summed E-state index contributed by atoms with van der Waals surface area (Å²) in [5.74, 6) is 0.433. The van der Waals surface area contributed by atoms with Gasteiger partial charge in [-0.15, -0.1) is 0 Å². The summed E-state index contributed by atoms with van der Waals surface area (Å²) in [6.07, 6.45) is 0. The number of nitrogens with zero attached hydrogens (tertiary/aromatic N) is 1. The number of likely N-dealkylation sites (N-methyl/N-ethyl adjacent to an activating group) is 1. The highest BCUT2D eigenvalue weighted by molar-refractivity contribution is 6.30. The van der Waals surface area contributed by atoms with Crippen molar-refractivity contribution in [3.8, 4) is 11.5 Å². The first-order valence-corrected chi connectivity index (χ1v) is 8.85. The van der Waals surface area contributed by atoms with Crippen LogP contribution in [0.2, 0.25) is 5.02 Å². The molecule has 2 aromatic carbocycles. The number of para-hydroxylation sites is 2. The van der Waals surface area contributed by atoms with Crippen molar-refractivity contribution in [2.75, 3.05) is 20.8 Å². The molecule has 2 amide bonds. The second-order valence-corrected chi connectivity index (χ2v) is 6.31. The summed E-state index contributed by atoms with van der Waals surface area (Å²) in [5.41, 5.74) is 0.862. The lowest BCUT2D eigenvalue weighted by molar-refractivity contribution is -0.142. The lowest BCUT2D eigenvalue weighted by Gasteiger charge is -2.28. The molecule has 1 N–H and O–H groups in total. The molecule has 0 bridgehead atoms. The summed E-state index contributed by atoms with van der Waals surface area (Å²) in [7, 11) is 3.07. The fraction of sp³-hybridized carbons (Fsp3) is 0.300. The number of carbonyl (C=O) groups excluding carboxylic acids is 2. The number of hydrogen-bond donors (Lipinski definition) is 1. The molecule has 1 atom stereocenters. The van der Waals surface area contributed by atoms with Gasteiger partial charge in [0, 0.05) is 18.6 Å². The van der Waals surface area contributed by atoms with Gasteiger partial charge in [0.05, 0.1) is 7.11 Å². The second-order valence-electron chi connectivity index (χ2n) is 5.88. The van der Waals surface area contributed by atoms with Gasteiger partial charge in [0.1, 0.15) is 6.04 Å². The van der Waals surface area contributed by atoms with Crippen LogP contribution in [-0.2, 0) is 16.1 Å². The van der Waals surface area contributed by atoms with E-state index in [9.17, 15) is 9.59 Å². The van der Waals surface area contributed by atoms with Gasteiger partial charge in [-0.2, -0.15) is 0 Å². The first kappa shape index (κ1) is 20.6. The van der Waals surface area contributed by atoms with Gasteiger partial charge in [0.25, 0.3) is 5.91 Å². The highest BCUT2D eigenvalue weighted by Crippen LogP contribution is 2.25. The van der Waals surface area contributed by atoms with Gasteiger partial charge in [0.2, 0.25) is 5.91 Å². The Morgan fingerprint density at radius 1 is 1.11 bits per heavy atom. The van der Waals surface area contributed by atoms with Gasteiger partial charge in [-0.05, 0) is 36.8 Å². The van der Waals surface area contributed by atoms with Crippen molar-refractivity contribution in [1.82, 2.24) is 10.2 Å². The summed E-state index contributed by atoms with van der Waals surface area (Å²) < 4.78 is 10.8. The smallest absolute Gasteiger partial charge is 0.261 e. The van der Waals surface area contributed by atoms with E-state index in [0.717, 1.165) is 5.56 Å². The molecule has 0 heterocycles. The summed E-state index contributed by atoms with van der Waals surface area (Å²) in [5, 5.41) is 3.18. The van der Waals surface area contributed by atoms with E-state index in [2.05, 4.69) is 5.32 Å². The predicted octanol–water partition coefficient (Wildman–Crippen LogP) is 2.89. The van der Waals surface area contributed by atoms with Crippen molar-refractivity contribution in [1.29, 1.82) is 0 Å². The molecule has 0 aliphatic heterocycles. The zero-order valence-corrected chi connectivity index (χ0v) is 16.3. The maximum absolute atomic E-state index is 12.8. The standard InChI is InChI=1S/C20H23ClN2O4/c1-14(20(25)22-2)23(12-15-8-10-16(21)11-9-15)19(24)13-27-18-7-5-4-6-17(18)26-3/h4-11,14H,12-13H2,1-3H3,(H,22,25)/t14-/m1/s1. The van der Waals surface area contributed by atoms with Crippen LogP contribution in [0.5, 0.6) is 11.5 Å². The van der Waals surface area contributed by atoms with Crippen LogP contribution in [0.4, 0.5) is 0 Å². The molecule has 6 nitrogen and oxygen atoms in total. The molecule has 144 valence electrons. The molecule has 2 aromatic rings. The average molecular weight is 391 g/mol. The van der Waals surface area contributed by atoms with Crippen LogP contribution in [0.1, 0.15) is 12.5 Å². The number of carbonyl (C=O) groups is 2. The molecule has 0 unspecified atom stereocenters. The maximum Gasteiger partial charge on any atom is 0.261 e. The number of methoxy groups -OCH3 is 1. The Morgan fingerprint density at radius 3 is 2.33 bits per heavy atom. The Morgan fingerprint density at radius 2 is 1.74 bits per heavy atom. The number of hydrogen-bond acceptors (Lipinski definition) is 4. The van der Waals surface area contributed by atoms with E-state index in [1.165, 1.54) is 19.1 Å². The molecule has 0 aliphatic rings. The minimum absolute atomic E-state index is 0.213. The largest absolute Gasteiger partial charge is 0.493 e. The summed E-state index contributed by atoms with van der Waals surface area (Å²) >= 11 is 5.92. The molecule has 0 aromatic heterocycles. The van der Waals surface area contributed by atoms with E-state index in [1.54, 1.807) is 37.3 Å². The molecule has 7 heteroatoms. The lowest BCUT2D eigenvalue weighted by Crippen LogP contribution is -2.48. The van der Waals surface area contributed by atoms with Crippen molar-refractivity contribution >= 4 is 23.4 Å². The minimum atomic E-state index is -0.653. The van der Waals surface area contributed by atoms with E-state index >= 15 is 0 Å². The minimum Gasteiger partial charge on any atom is -0.493 e. The Kier molecular flexibility index (Phi) is 7.49. The van der Waals surface area contributed by atoms with E-state index < -0.39 is 6.04 Å². The third-order valence-electron chi connectivity index (χ3n) is 4.10. The van der Waals surface area contributed by atoms with Crippen molar-refractivity contribution in [3.63, 3.8) is 0 Å². The van der Waals surface area contributed by atoms with Crippen LogP contribution < -0.4 is 14.8 Å². The van der Waals surface area contributed by atoms with Crippen LogP contribution >= 0.6 is 11.6 Å². The average Bonchev–Trinajstić information content (AvgIpc) is 2.70. The van der Waals surface area contributed by atoms with Gasteiger partial charge in [-0.3, -0.25) is 9.59 Å². The molecule has 2 rings (SSSR count). The second kappa shape index (κ2) is 9.83. The van der Waals surface area contributed by atoms with E-state index in [0.29, 0.717) is 16.5 Å². The van der Waals surface area contributed by atoms with Crippen LogP contribution in [0.15, 0.2) is 48.5 Å². The highest BCUT2D eigenvalue weighted by atomic mass is 35.5. The van der Waals surface area contributed by atoms with Gasteiger partial charge in [-0.1, -0.05) is 35.9 Å². The van der Waals surface area contributed by atoms with Crippen LogP contribution in [-0.4, -0.2) is 43.5 Å². The number of benzene rings is 2. The summed E-state index contributed by atoms with van der Waals surface area (Å²) in [4.78, 5) is 26.4. The molecule has 0 saturated carbocycles. The third-order valence-corrected chi connectivity index (χ3v) is 4.35. The van der Waals surface area contributed by atoms with E-state index in [-0.39, 0.29) is 25.0 Å². The van der Waals surface area contributed by atoms with Crippen molar-refractivity contribution in [3.05, 3.63) is 59.1 Å². The first-order valence-electron chi connectivity index (χ1n) is 8.47. The quantitative estimate of drug-likeness (QED) is 0.752. The van der Waals surface area contributed by atoms with Crippen LogP contribution in [0.25, 0.3) is 0 Å². The maximum atomic E-state index is 12.8. The Balaban J connectivity index is 2.14. The number of nitrogens with one attached hydrogen (secondary N) is 1. The molecule has 0 fully saturated rings. The van der Waals surface area contributed by atoms with Gasteiger partial charge < -0.3 is 19.7 Å². The SMILES string of the molecule is CNC(=O)[C@@H](C)N(Cc1ccc(Cl)cc1)C(=O)COc1ccccc1OC. The summed E-state index contributed by atoms with van der Waals surface area (Å²) in [6, 6.07) is 13.6. The Bertz CT molecular complexity index is 780. The topological polar surface area (TPSA) is 67.9 Å². The number of rotatable bonds is 8. The Labute approximate surface area is 164 Å². The normalized spacial score (nSPS) is 11.4. The van der Waals surface area contributed by atoms with Gasteiger partial charge in [0.15, 0.2) is 18.1 Å². The molecule has 0 spiro atoms. The highest BCUT2D eigenvalue weighted by Gasteiger charge is 2.26. The first-order chi connectivity index (χ1) is 13.0. The predicted molar refractivity (Wildman–Crippen MR) is 104 cm³/mol. The molecule has 0 aliphatic carbocycles. The third kappa shape index (κ3) is 5.62. The fourth-order valence-electron chi connectivity index (χ4n) is 2.54. The van der Waals surface area contributed by atoms with E-state index in [4.69, 9.17) is 21.1 Å². The van der Waals surface area contributed by atoms with E-state index in [1.807, 2.05) is 18.2 Å². The van der Waals surface area contributed by atoms with Gasteiger partial charge >= 0.3 is 0 Å².